The molecule has 2 rings (SSSR count). The Labute approximate surface area is 134 Å². The fourth-order valence-corrected chi connectivity index (χ4v) is 2.16. The van der Waals surface area contributed by atoms with Crippen LogP contribution in [-0.2, 0) is 0 Å². The topological polar surface area (TPSA) is 74.0 Å². The zero-order valence-electron chi connectivity index (χ0n) is 11.2. The molecule has 0 heterocycles. The number of carbonyl (C=O) groups is 1. The van der Waals surface area contributed by atoms with Crippen molar-refractivity contribution >= 4 is 33.8 Å². The predicted octanol–water partition coefficient (Wildman–Crippen LogP) is 3.18. The third-order valence-electron chi connectivity index (χ3n) is 2.73. The molecular weight excluding hydrogens is 353 g/mol. The molecule has 5 nitrogen and oxygen atoms in total. The summed E-state index contributed by atoms with van der Waals surface area (Å²) in [6.07, 6.45) is 0.943. The molecular formula is C15H11BrFN3O2. The fraction of sp³-hybridized carbons (Fsp3) is 0. The number of benzene rings is 2. The molecule has 22 heavy (non-hydrogen) atoms. The summed E-state index contributed by atoms with van der Waals surface area (Å²) >= 11 is 3.26. The van der Waals surface area contributed by atoms with Gasteiger partial charge in [0.15, 0.2) is 0 Å². The molecule has 0 atom stereocenters. The molecule has 0 aliphatic carbocycles. The molecule has 2 N–H and O–H groups in total. The van der Waals surface area contributed by atoms with Gasteiger partial charge in [0, 0.05) is 10.0 Å². The SMILES string of the molecule is O=C(N/N=C(\C=N/O)c1ccccc1F)c1ccccc1Br. The number of rotatable bonds is 4. The van der Waals surface area contributed by atoms with Crippen molar-refractivity contribution in [3.63, 3.8) is 0 Å². The Kier molecular flexibility index (Phi) is 5.37. The zero-order valence-corrected chi connectivity index (χ0v) is 12.8. The molecule has 0 saturated heterocycles. The fourth-order valence-electron chi connectivity index (χ4n) is 1.70. The Bertz CT molecular complexity index is 747. The molecule has 0 aliphatic rings. The van der Waals surface area contributed by atoms with Crippen molar-refractivity contribution in [2.45, 2.75) is 0 Å². The van der Waals surface area contributed by atoms with Crippen LogP contribution in [-0.4, -0.2) is 23.0 Å². The Morgan fingerprint density at radius 2 is 1.77 bits per heavy atom. The molecule has 0 unspecified atom stereocenters. The summed E-state index contributed by atoms with van der Waals surface area (Å²) in [5.74, 6) is -1.02. The number of carbonyl (C=O) groups excluding carboxylic acids is 1. The highest BCUT2D eigenvalue weighted by molar-refractivity contribution is 9.10. The van der Waals surface area contributed by atoms with Crippen LogP contribution in [0.15, 0.2) is 63.3 Å². The van der Waals surface area contributed by atoms with Gasteiger partial charge in [-0.15, -0.1) is 0 Å². The highest BCUT2D eigenvalue weighted by atomic mass is 79.9. The van der Waals surface area contributed by atoms with Crippen LogP contribution in [0.1, 0.15) is 15.9 Å². The van der Waals surface area contributed by atoms with Crippen LogP contribution in [0.4, 0.5) is 4.39 Å². The number of amides is 1. The maximum Gasteiger partial charge on any atom is 0.272 e. The molecule has 0 saturated carbocycles. The number of nitrogens with one attached hydrogen (secondary N) is 1. The van der Waals surface area contributed by atoms with Gasteiger partial charge in [-0.05, 0) is 40.2 Å². The molecule has 2 aromatic carbocycles. The van der Waals surface area contributed by atoms with Gasteiger partial charge in [0.2, 0.25) is 0 Å². The van der Waals surface area contributed by atoms with E-state index in [4.69, 9.17) is 5.21 Å². The van der Waals surface area contributed by atoms with Gasteiger partial charge in [0.1, 0.15) is 11.5 Å². The normalized spacial score (nSPS) is 11.6. The van der Waals surface area contributed by atoms with E-state index in [2.05, 4.69) is 31.6 Å². The van der Waals surface area contributed by atoms with E-state index >= 15 is 0 Å². The summed E-state index contributed by atoms with van der Waals surface area (Å²) in [7, 11) is 0. The number of hydrazone groups is 1. The van der Waals surface area contributed by atoms with Crippen molar-refractivity contribution in [2.24, 2.45) is 10.3 Å². The van der Waals surface area contributed by atoms with E-state index in [1.54, 1.807) is 30.3 Å². The van der Waals surface area contributed by atoms with E-state index in [9.17, 15) is 9.18 Å². The van der Waals surface area contributed by atoms with Gasteiger partial charge in [-0.3, -0.25) is 4.79 Å². The zero-order chi connectivity index (χ0) is 15.9. The monoisotopic (exact) mass is 363 g/mol. The molecule has 112 valence electrons. The molecule has 0 spiro atoms. The lowest BCUT2D eigenvalue weighted by Gasteiger charge is -2.05. The Balaban J connectivity index is 2.27. The lowest BCUT2D eigenvalue weighted by Crippen LogP contribution is -2.21. The number of halogens is 2. The average molecular weight is 364 g/mol. The van der Waals surface area contributed by atoms with Crippen molar-refractivity contribution in [3.05, 3.63) is 69.9 Å². The Morgan fingerprint density at radius 3 is 2.41 bits per heavy atom. The van der Waals surface area contributed by atoms with Gasteiger partial charge < -0.3 is 5.21 Å². The molecule has 1 amide bonds. The Morgan fingerprint density at radius 1 is 1.14 bits per heavy atom. The minimum Gasteiger partial charge on any atom is -0.411 e. The second-order valence-corrected chi connectivity index (χ2v) is 5.00. The van der Waals surface area contributed by atoms with Crippen LogP contribution < -0.4 is 5.43 Å². The van der Waals surface area contributed by atoms with Gasteiger partial charge >= 0.3 is 0 Å². The maximum absolute atomic E-state index is 13.7. The summed E-state index contributed by atoms with van der Waals surface area (Å²) in [6.45, 7) is 0. The Hall–Kier alpha value is -2.54. The average Bonchev–Trinajstić information content (AvgIpc) is 2.52. The summed E-state index contributed by atoms with van der Waals surface area (Å²) in [5, 5.41) is 15.3. The smallest absolute Gasteiger partial charge is 0.272 e. The highest BCUT2D eigenvalue weighted by Crippen LogP contribution is 2.15. The van der Waals surface area contributed by atoms with E-state index < -0.39 is 11.7 Å². The van der Waals surface area contributed by atoms with Crippen molar-refractivity contribution in [2.75, 3.05) is 0 Å². The summed E-state index contributed by atoms with van der Waals surface area (Å²) in [6, 6.07) is 12.6. The second-order valence-electron chi connectivity index (χ2n) is 4.14. The minimum atomic E-state index is -0.545. The second kappa shape index (κ2) is 7.46. The lowest BCUT2D eigenvalue weighted by molar-refractivity contribution is 0.0954. The van der Waals surface area contributed by atoms with Gasteiger partial charge in [-0.25, -0.2) is 9.82 Å². The minimum absolute atomic E-state index is 0.0130. The van der Waals surface area contributed by atoms with Crippen molar-refractivity contribution in [3.8, 4) is 0 Å². The first kappa shape index (κ1) is 15.8. The number of hydrogen-bond donors (Lipinski definition) is 2. The van der Waals surface area contributed by atoms with E-state index in [0.29, 0.717) is 10.0 Å². The molecule has 0 aliphatic heterocycles. The van der Waals surface area contributed by atoms with E-state index in [0.717, 1.165) is 6.21 Å². The van der Waals surface area contributed by atoms with Crippen molar-refractivity contribution in [1.29, 1.82) is 0 Å². The van der Waals surface area contributed by atoms with Crippen LogP contribution in [0.5, 0.6) is 0 Å². The van der Waals surface area contributed by atoms with E-state index in [1.807, 2.05) is 0 Å². The molecule has 7 heteroatoms. The van der Waals surface area contributed by atoms with Crippen LogP contribution in [0.25, 0.3) is 0 Å². The number of oxime groups is 1. The lowest BCUT2D eigenvalue weighted by atomic mass is 10.1. The predicted molar refractivity (Wildman–Crippen MR) is 84.8 cm³/mol. The van der Waals surface area contributed by atoms with Gasteiger partial charge in [-0.1, -0.05) is 29.4 Å². The molecule has 0 radical (unpaired) electrons. The quantitative estimate of drug-likeness (QED) is 0.497. The number of nitrogens with zero attached hydrogens (tertiary/aromatic N) is 2. The van der Waals surface area contributed by atoms with Crippen molar-refractivity contribution < 1.29 is 14.4 Å². The largest absolute Gasteiger partial charge is 0.411 e. The first-order valence-electron chi connectivity index (χ1n) is 6.18. The third-order valence-corrected chi connectivity index (χ3v) is 3.42. The summed E-state index contributed by atoms with van der Waals surface area (Å²) < 4.78 is 14.3. The summed E-state index contributed by atoms with van der Waals surface area (Å²) in [4.78, 5) is 12.0. The van der Waals surface area contributed by atoms with Crippen LogP contribution in [0.2, 0.25) is 0 Å². The van der Waals surface area contributed by atoms with Gasteiger partial charge in [0.05, 0.1) is 11.8 Å². The first-order chi connectivity index (χ1) is 10.6. The van der Waals surface area contributed by atoms with Crippen molar-refractivity contribution in [1.82, 2.24) is 5.43 Å². The molecule has 2 aromatic rings. The molecule has 0 fully saturated rings. The highest BCUT2D eigenvalue weighted by Gasteiger charge is 2.11. The van der Waals surface area contributed by atoms with Crippen LogP contribution in [0, 0.1) is 5.82 Å². The molecule has 0 bridgehead atoms. The first-order valence-corrected chi connectivity index (χ1v) is 6.97. The van der Waals surface area contributed by atoms with Crippen LogP contribution >= 0.6 is 15.9 Å². The number of hydrogen-bond acceptors (Lipinski definition) is 4. The summed E-state index contributed by atoms with van der Waals surface area (Å²) in [5.41, 5.74) is 2.77. The standard InChI is InChI=1S/C15H11BrFN3O2/c16-12-7-3-1-5-10(12)15(21)20-19-14(9-18-22)11-6-2-4-8-13(11)17/h1-9,22H,(H,20,21)/b18-9-,19-14+. The van der Waals surface area contributed by atoms with E-state index in [1.165, 1.54) is 18.2 Å². The van der Waals surface area contributed by atoms with Gasteiger partial charge in [-0.2, -0.15) is 5.10 Å². The van der Waals surface area contributed by atoms with E-state index in [-0.39, 0.29) is 11.3 Å². The maximum atomic E-state index is 13.7. The van der Waals surface area contributed by atoms with Crippen LogP contribution in [0.3, 0.4) is 0 Å². The van der Waals surface area contributed by atoms with Gasteiger partial charge in [0.25, 0.3) is 5.91 Å². The molecule has 0 aromatic heterocycles. The third kappa shape index (κ3) is 3.76.